The summed E-state index contributed by atoms with van der Waals surface area (Å²) in [6, 6.07) is 1.38. The van der Waals surface area contributed by atoms with Crippen LogP contribution in [0.4, 0.5) is 0 Å². The molecule has 0 aromatic heterocycles. The Morgan fingerprint density at radius 1 is 1.25 bits per heavy atom. The van der Waals surface area contributed by atoms with E-state index in [1.54, 1.807) is 0 Å². The van der Waals surface area contributed by atoms with Gasteiger partial charge in [-0.1, -0.05) is 13.8 Å². The van der Waals surface area contributed by atoms with Crippen molar-refractivity contribution in [2.45, 2.75) is 65.5 Å². The van der Waals surface area contributed by atoms with Crippen molar-refractivity contribution in [3.05, 3.63) is 0 Å². The smallest absolute Gasteiger partial charge is 0.00817 e. The molecular formula is C14H30N2. The van der Waals surface area contributed by atoms with E-state index in [1.807, 2.05) is 0 Å². The zero-order chi connectivity index (χ0) is 12.0. The summed E-state index contributed by atoms with van der Waals surface area (Å²) >= 11 is 0. The summed E-state index contributed by atoms with van der Waals surface area (Å²) in [6.45, 7) is 12.9. The zero-order valence-corrected chi connectivity index (χ0v) is 11.6. The van der Waals surface area contributed by atoms with Crippen LogP contribution in [0.5, 0.6) is 0 Å². The summed E-state index contributed by atoms with van der Waals surface area (Å²) in [5.74, 6) is 1.02. The van der Waals surface area contributed by atoms with Crippen molar-refractivity contribution < 1.29 is 0 Å². The van der Waals surface area contributed by atoms with E-state index in [4.69, 9.17) is 0 Å². The number of nitrogens with one attached hydrogen (secondary N) is 1. The van der Waals surface area contributed by atoms with Crippen LogP contribution in [0.3, 0.4) is 0 Å². The van der Waals surface area contributed by atoms with Crippen molar-refractivity contribution >= 4 is 0 Å². The molecule has 2 nitrogen and oxygen atoms in total. The lowest BCUT2D eigenvalue weighted by molar-refractivity contribution is 0.181. The van der Waals surface area contributed by atoms with Crippen LogP contribution in [0.15, 0.2) is 0 Å². The molecule has 1 saturated carbocycles. The lowest BCUT2D eigenvalue weighted by Gasteiger charge is -2.31. The van der Waals surface area contributed by atoms with E-state index in [0.29, 0.717) is 6.04 Å². The minimum absolute atomic E-state index is 0.651. The summed E-state index contributed by atoms with van der Waals surface area (Å²) in [7, 11) is 0. The Hall–Kier alpha value is -0.0800. The number of hydrogen-bond acceptors (Lipinski definition) is 2. The highest BCUT2D eigenvalue weighted by Crippen LogP contribution is 2.30. The van der Waals surface area contributed by atoms with Crippen LogP contribution in [0.2, 0.25) is 0 Å². The van der Waals surface area contributed by atoms with Gasteiger partial charge in [-0.25, -0.2) is 0 Å². The Morgan fingerprint density at radius 2 is 1.94 bits per heavy atom. The van der Waals surface area contributed by atoms with Crippen LogP contribution >= 0.6 is 0 Å². The largest absolute Gasteiger partial charge is 0.314 e. The van der Waals surface area contributed by atoms with Crippen LogP contribution in [-0.4, -0.2) is 36.6 Å². The molecule has 1 N–H and O–H groups in total. The molecule has 1 aliphatic carbocycles. The number of rotatable bonds is 9. The number of hydrogen-bond donors (Lipinski definition) is 1. The fraction of sp³-hybridized carbons (Fsp3) is 1.00. The van der Waals surface area contributed by atoms with E-state index in [9.17, 15) is 0 Å². The van der Waals surface area contributed by atoms with Gasteiger partial charge in [0.1, 0.15) is 0 Å². The predicted molar refractivity (Wildman–Crippen MR) is 71.8 cm³/mol. The first-order valence-electron chi connectivity index (χ1n) is 7.14. The van der Waals surface area contributed by atoms with Gasteiger partial charge in [0.2, 0.25) is 0 Å². The molecule has 0 radical (unpaired) electrons. The van der Waals surface area contributed by atoms with Gasteiger partial charge in [0.15, 0.2) is 0 Å². The van der Waals surface area contributed by atoms with Gasteiger partial charge in [-0.05, 0) is 58.5 Å². The van der Waals surface area contributed by atoms with Crippen molar-refractivity contribution in [1.29, 1.82) is 0 Å². The van der Waals surface area contributed by atoms with E-state index in [2.05, 4.69) is 37.9 Å². The second-order valence-corrected chi connectivity index (χ2v) is 5.48. The van der Waals surface area contributed by atoms with Crippen molar-refractivity contribution in [3.63, 3.8) is 0 Å². The van der Waals surface area contributed by atoms with Gasteiger partial charge in [-0.15, -0.1) is 0 Å². The Bertz CT molecular complexity index is 178. The first-order chi connectivity index (χ1) is 7.67. The maximum absolute atomic E-state index is 3.52. The molecular weight excluding hydrogens is 196 g/mol. The molecule has 0 aromatic carbocycles. The Labute approximate surface area is 102 Å². The van der Waals surface area contributed by atoms with Crippen molar-refractivity contribution in [3.8, 4) is 0 Å². The molecule has 1 fully saturated rings. The van der Waals surface area contributed by atoms with E-state index >= 15 is 0 Å². The van der Waals surface area contributed by atoms with Gasteiger partial charge in [0, 0.05) is 18.6 Å². The Kier molecular flexibility index (Phi) is 6.37. The highest BCUT2D eigenvalue weighted by molar-refractivity contribution is 4.81. The third kappa shape index (κ3) is 5.31. The van der Waals surface area contributed by atoms with Gasteiger partial charge in [0.05, 0.1) is 0 Å². The average Bonchev–Trinajstić information content (AvgIpc) is 3.01. The second kappa shape index (κ2) is 7.29. The molecule has 0 bridgehead atoms. The highest BCUT2D eigenvalue weighted by Gasteiger charge is 2.26. The Morgan fingerprint density at radius 3 is 2.44 bits per heavy atom. The third-order valence-electron chi connectivity index (χ3n) is 3.57. The van der Waals surface area contributed by atoms with Crippen LogP contribution in [0, 0.1) is 5.92 Å². The van der Waals surface area contributed by atoms with E-state index in [0.717, 1.165) is 18.5 Å². The molecule has 0 spiro atoms. The second-order valence-electron chi connectivity index (χ2n) is 5.48. The maximum atomic E-state index is 3.52. The van der Waals surface area contributed by atoms with Crippen molar-refractivity contribution in [1.82, 2.24) is 10.2 Å². The topological polar surface area (TPSA) is 15.3 Å². The van der Waals surface area contributed by atoms with Crippen LogP contribution in [0.25, 0.3) is 0 Å². The van der Waals surface area contributed by atoms with E-state index in [-0.39, 0.29) is 0 Å². The maximum Gasteiger partial charge on any atom is 0.00817 e. The van der Waals surface area contributed by atoms with Crippen LogP contribution < -0.4 is 5.32 Å². The SMILES string of the molecule is CCCN(CC1CC1)C(C)CC(C)NCC. The summed E-state index contributed by atoms with van der Waals surface area (Å²) < 4.78 is 0. The summed E-state index contributed by atoms with van der Waals surface area (Å²) in [5, 5.41) is 3.52. The van der Waals surface area contributed by atoms with Crippen LogP contribution in [-0.2, 0) is 0 Å². The van der Waals surface area contributed by atoms with Gasteiger partial charge < -0.3 is 10.2 Å². The zero-order valence-electron chi connectivity index (χ0n) is 11.6. The first kappa shape index (κ1) is 14.0. The van der Waals surface area contributed by atoms with Gasteiger partial charge in [-0.3, -0.25) is 0 Å². The molecule has 2 heteroatoms. The third-order valence-corrected chi connectivity index (χ3v) is 3.57. The van der Waals surface area contributed by atoms with Crippen molar-refractivity contribution in [2.75, 3.05) is 19.6 Å². The molecule has 2 unspecified atom stereocenters. The molecule has 0 heterocycles. The quantitative estimate of drug-likeness (QED) is 0.650. The summed E-state index contributed by atoms with van der Waals surface area (Å²) in [6.07, 6.45) is 5.50. The van der Waals surface area contributed by atoms with Gasteiger partial charge >= 0.3 is 0 Å². The van der Waals surface area contributed by atoms with E-state index < -0.39 is 0 Å². The Balaban J connectivity index is 2.29. The number of nitrogens with zero attached hydrogens (tertiary/aromatic N) is 1. The molecule has 0 aromatic rings. The van der Waals surface area contributed by atoms with Gasteiger partial charge in [0.25, 0.3) is 0 Å². The standard InChI is InChI=1S/C14H30N2/c1-5-9-16(11-14-7-8-14)13(4)10-12(3)15-6-2/h12-15H,5-11H2,1-4H3. The molecule has 2 atom stereocenters. The lowest BCUT2D eigenvalue weighted by atomic mass is 10.1. The molecule has 16 heavy (non-hydrogen) atoms. The first-order valence-corrected chi connectivity index (χ1v) is 7.14. The minimum Gasteiger partial charge on any atom is -0.314 e. The summed E-state index contributed by atoms with van der Waals surface area (Å²) in [5.41, 5.74) is 0. The molecule has 0 amide bonds. The molecule has 96 valence electrons. The fourth-order valence-electron chi connectivity index (χ4n) is 2.50. The van der Waals surface area contributed by atoms with Gasteiger partial charge in [-0.2, -0.15) is 0 Å². The predicted octanol–water partition coefficient (Wildman–Crippen LogP) is 2.89. The van der Waals surface area contributed by atoms with Crippen molar-refractivity contribution in [2.24, 2.45) is 5.92 Å². The molecule has 1 rings (SSSR count). The normalized spacial score (nSPS) is 20.1. The monoisotopic (exact) mass is 226 g/mol. The fourth-order valence-corrected chi connectivity index (χ4v) is 2.50. The molecule has 0 saturated heterocycles. The minimum atomic E-state index is 0.651. The lowest BCUT2D eigenvalue weighted by Crippen LogP contribution is -2.40. The summed E-state index contributed by atoms with van der Waals surface area (Å²) in [4.78, 5) is 2.70. The van der Waals surface area contributed by atoms with E-state index in [1.165, 1.54) is 38.8 Å². The molecule has 1 aliphatic rings. The highest BCUT2D eigenvalue weighted by atomic mass is 15.2. The van der Waals surface area contributed by atoms with Crippen LogP contribution in [0.1, 0.15) is 53.4 Å². The molecule has 0 aliphatic heterocycles. The average molecular weight is 226 g/mol.